The quantitative estimate of drug-likeness (QED) is 0.818. The largest absolute Gasteiger partial charge is 0.379 e. The van der Waals surface area contributed by atoms with Crippen LogP contribution in [0.1, 0.15) is 17.7 Å². The van der Waals surface area contributed by atoms with Crippen LogP contribution in [0.4, 0.5) is 5.82 Å². The molecule has 0 saturated carbocycles. The fourth-order valence-corrected chi connectivity index (χ4v) is 4.06. The summed E-state index contributed by atoms with van der Waals surface area (Å²) in [6.45, 7) is 3.31. The maximum Gasteiger partial charge on any atom is 0.243 e. The summed E-state index contributed by atoms with van der Waals surface area (Å²) < 4.78 is 36.6. The molecule has 0 atom stereocenters. The van der Waals surface area contributed by atoms with E-state index >= 15 is 0 Å². The molecule has 140 valence electrons. The fourth-order valence-electron chi connectivity index (χ4n) is 2.65. The number of carbonyl (C=O) groups excluding carboxylic acids is 1. The third kappa shape index (κ3) is 4.48. The van der Waals surface area contributed by atoms with Gasteiger partial charge >= 0.3 is 0 Å². The van der Waals surface area contributed by atoms with Gasteiger partial charge in [-0.05, 0) is 31.0 Å². The number of ether oxygens (including phenoxy) is 1. The zero-order valence-electron chi connectivity index (χ0n) is 14.5. The third-order valence-corrected chi connectivity index (χ3v) is 5.98. The van der Waals surface area contributed by atoms with Gasteiger partial charge in [-0.25, -0.2) is 8.42 Å². The number of anilines is 1. The molecule has 0 spiro atoms. The van der Waals surface area contributed by atoms with Crippen LogP contribution in [-0.4, -0.2) is 50.1 Å². The number of carbonyl (C=O) groups is 1. The standard InChI is InChI=1S/C17H21N3O5S/c1-13-12-16(19-25-13)18-17(21)7-4-14-2-5-15(6-3-14)26(22,23)20-8-10-24-11-9-20/h2-3,5-6,12H,4,7-11H2,1H3,(H,18,19,21). The molecule has 8 nitrogen and oxygen atoms in total. The van der Waals surface area contributed by atoms with Crippen LogP contribution in [0, 0.1) is 6.92 Å². The highest BCUT2D eigenvalue weighted by Crippen LogP contribution is 2.18. The average Bonchev–Trinajstić information content (AvgIpc) is 3.06. The van der Waals surface area contributed by atoms with E-state index in [0.29, 0.717) is 44.3 Å². The molecule has 0 radical (unpaired) electrons. The number of nitrogens with zero attached hydrogens (tertiary/aromatic N) is 2. The van der Waals surface area contributed by atoms with Gasteiger partial charge in [-0.3, -0.25) is 4.79 Å². The SMILES string of the molecule is Cc1cc(NC(=O)CCc2ccc(S(=O)(=O)N3CCOCC3)cc2)no1. The summed E-state index contributed by atoms with van der Waals surface area (Å²) in [5.74, 6) is 0.833. The minimum Gasteiger partial charge on any atom is -0.379 e. The van der Waals surface area contributed by atoms with Crippen molar-refractivity contribution in [1.82, 2.24) is 9.46 Å². The molecule has 1 N–H and O–H groups in total. The number of amides is 1. The van der Waals surface area contributed by atoms with Gasteiger partial charge in [-0.1, -0.05) is 17.3 Å². The first kappa shape index (κ1) is 18.6. The Balaban J connectivity index is 1.56. The molecule has 3 rings (SSSR count). The van der Waals surface area contributed by atoms with Crippen molar-refractivity contribution in [2.24, 2.45) is 0 Å². The normalized spacial score (nSPS) is 15.7. The van der Waals surface area contributed by atoms with Gasteiger partial charge in [0, 0.05) is 25.6 Å². The predicted molar refractivity (Wildman–Crippen MR) is 94.2 cm³/mol. The second kappa shape index (κ2) is 7.98. The van der Waals surface area contributed by atoms with Gasteiger partial charge in [0.1, 0.15) is 5.76 Å². The smallest absolute Gasteiger partial charge is 0.243 e. The Hall–Kier alpha value is -2.23. The lowest BCUT2D eigenvalue weighted by Crippen LogP contribution is -2.40. The van der Waals surface area contributed by atoms with E-state index in [1.165, 1.54) is 4.31 Å². The summed E-state index contributed by atoms with van der Waals surface area (Å²) in [5, 5.41) is 6.36. The Labute approximate surface area is 152 Å². The molecule has 1 aromatic heterocycles. The number of benzene rings is 1. The molecular formula is C17H21N3O5S. The molecule has 26 heavy (non-hydrogen) atoms. The van der Waals surface area contributed by atoms with Crippen molar-refractivity contribution in [3.63, 3.8) is 0 Å². The van der Waals surface area contributed by atoms with Crippen molar-refractivity contribution >= 4 is 21.7 Å². The minimum absolute atomic E-state index is 0.177. The highest BCUT2D eigenvalue weighted by molar-refractivity contribution is 7.89. The highest BCUT2D eigenvalue weighted by atomic mass is 32.2. The lowest BCUT2D eigenvalue weighted by atomic mass is 10.1. The molecule has 1 saturated heterocycles. The van der Waals surface area contributed by atoms with E-state index in [0.717, 1.165) is 5.56 Å². The van der Waals surface area contributed by atoms with E-state index in [1.807, 2.05) is 0 Å². The first-order valence-electron chi connectivity index (χ1n) is 8.35. The average molecular weight is 379 g/mol. The number of rotatable bonds is 6. The van der Waals surface area contributed by atoms with Crippen LogP contribution in [0.15, 0.2) is 39.8 Å². The van der Waals surface area contributed by atoms with Crippen molar-refractivity contribution in [2.75, 3.05) is 31.6 Å². The first-order valence-corrected chi connectivity index (χ1v) is 9.79. The van der Waals surface area contributed by atoms with Crippen LogP contribution in [0.5, 0.6) is 0 Å². The molecule has 0 aliphatic carbocycles. The molecule has 1 fully saturated rings. The summed E-state index contributed by atoms with van der Waals surface area (Å²) in [6, 6.07) is 8.28. The fraction of sp³-hybridized carbons (Fsp3) is 0.412. The molecule has 0 bridgehead atoms. The number of aryl methyl sites for hydroxylation is 2. The molecule has 2 aromatic rings. The van der Waals surface area contributed by atoms with Crippen LogP contribution >= 0.6 is 0 Å². The Bertz CT molecular complexity index is 855. The van der Waals surface area contributed by atoms with Gasteiger partial charge in [-0.15, -0.1) is 0 Å². The zero-order valence-corrected chi connectivity index (χ0v) is 15.3. The maximum absolute atomic E-state index is 12.6. The lowest BCUT2D eigenvalue weighted by molar-refractivity contribution is -0.116. The summed E-state index contributed by atoms with van der Waals surface area (Å²) in [4.78, 5) is 12.2. The van der Waals surface area contributed by atoms with Gasteiger partial charge in [0.2, 0.25) is 15.9 Å². The number of hydrogen-bond donors (Lipinski definition) is 1. The van der Waals surface area contributed by atoms with E-state index in [4.69, 9.17) is 9.26 Å². The number of sulfonamides is 1. The van der Waals surface area contributed by atoms with E-state index in [9.17, 15) is 13.2 Å². The van der Waals surface area contributed by atoms with Crippen LogP contribution < -0.4 is 5.32 Å². The van der Waals surface area contributed by atoms with Gasteiger partial charge in [0.05, 0.1) is 18.1 Å². The Morgan fingerprint density at radius 2 is 1.92 bits per heavy atom. The molecular weight excluding hydrogens is 358 g/mol. The van der Waals surface area contributed by atoms with E-state index in [2.05, 4.69) is 10.5 Å². The summed E-state index contributed by atoms with van der Waals surface area (Å²) in [5.41, 5.74) is 0.886. The van der Waals surface area contributed by atoms with E-state index in [1.54, 1.807) is 37.3 Å². The van der Waals surface area contributed by atoms with Gasteiger partial charge < -0.3 is 14.6 Å². The van der Waals surface area contributed by atoms with Crippen molar-refractivity contribution in [1.29, 1.82) is 0 Å². The third-order valence-electron chi connectivity index (χ3n) is 4.07. The maximum atomic E-state index is 12.6. The number of aromatic nitrogens is 1. The second-order valence-electron chi connectivity index (χ2n) is 6.03. The van der Waals surface area contributed by atoms with Crippen LogP contribution in [-0.2, 0) is 26.0 Å². The van der Waals surface area contributed by atoms with Crippen LogP contribution in [0.2, 0.25) is 0 Å². The van der Waals surface area contributed by atoms with Crippen molar-refractivity contribution in [3.8, 4) is 0 Å². The first-order chi connectivity index (χ1) is 12.4. The zero-order chi connectivity index (χ0) is 18.6. The van der Waals surface area contributed by atoms with Crippen molar-refractivity contribution in [3.05, 3.63) is 41.7 Å². The van der Waals surface area contributed by atoms with E-state index in [-0.39, 0.29) is 17.2 Å². The monoisotopic (exact) mass is 379 g/mol. The molecule has 1 aliphatic heterocycles. The Morgan fingerprint density at radius 1 is 1.23 bits per heavy atom. The lowest BCUT2D eigenvalue weighted by Gasteiger charge is -2.26. The number of hydrogen-bond acceptors (Lipinski definition) is 6. The van der Waals surface area contributed by atoms with Gasteiger partial charge in [0.25, 0.3) is 0 Å². The molecule has 2 heterocycles. The number of morpholine rings is 1. The Morgan fingerprint density at radius 3 is 2.54 bits per heavy atom. The molecule has 1 aliphatic rings. The predicted octanol–water partition coefficient (Wildman–Crippen LogP) is 1.58. The van der Waals surface area contributed by atoms with Gasteiger partial charge in [0.15, 0.2) is 5.82 Å². The minimum atomic E-state index is -3.49. The van der Waals surface area contributed by atoms with Crippen LogP contribution in [0.3, 0.4) is 0 Å². The molecule has 1 amide bonds. The Kier molecular flexibility index (Phi) is 5.70. The number of nitrogens with one attached hydrogen (secondary N) is 1. The topological polar surface area (TPSA) is 102 Å². The molecule has 1 aromatic carbocycles. The van der Waals surface area contributed by atoms with E-state index < -0.39 is 10.0 Å². The molecule has 0 unspecified atom stereocenters. The summed E-state index contributed by atoms with van der Waals surface area (Å²) in [6.07, 6.45) is 0.766. The van der Waals surface area contributed by atoms with Crippen molar-refractivity contribution < 1.29 is 22.5 Å². The molecule has 9 heteroatoms. The van der Waals surface area contributed by atoms with Gasteiger partial charge in [-0.2, -0.15) is 4.31 Å². The summed E-state index contributed by atoms with van der Waals surface area (Å²) >= 11 is 0. The summed E-state index contributed by atoms with van der Waals surface area (Å²) in [7, 11) is -3.49. The van der Waals surface area contributed by atoms with Crippen LogP contribution in [0.25, 0.3) is 0 Å². The highest BCUT2D eigenvalue weighted by Gasteiger charge is 2.26. The van der Waals surface area contributed by atoms with Crippen molar-refractivity contribution in [2.45, 2.75) is 24.7 Å². The second-order valence-corrected chi connectivity index (χ2v) is 7.97.